The lowest BCUT2D eigenvalue weighted by Gasteiger charge is -2.32. The van der Waals surface area contributed by atoms with Gasteiger partial charge in [0.15, 0.2) is 5.82 Å². The van der Waals surface area contributed by atoms with Gasteiger partial charge in [0.05, 0.1) is 5.69 Å². The molecule has 21 heavy (non-hydrogen) atoms. The lowest BCUT2D eigenvalue weighted by molar-refractivity contribution is 0.158. The Labute approximate surface area is 126 Å². The Balaban J connectivity index is 1.62. The predicted octanol–water partition coefficient (Wildman–Crippen LogP) is 1.60. The lowest BCUT2D eigenvalue weighted by atomic mass is 10.1. The molecule has 2 heterocycles. The topological polar surface area (TPSA) is 44.3 Å². The molecule has 0 saturated carbocycles. The SMILES string of the molecule is Cc1nnc(NCCN2CCN(C)CC2)c2ccccc12. The molecule has 1 aromatic heterocycles. The van der Waals surface area contributed by atoms with Crippen molar-refractivity contribution in [1.29, 1.82) is 0 Å². The second-order valence-electron chi connectivity index (χ2n) is 5.75. The Bertz CT molecular complexity index is 605. The number of piperazine rings is 1. The molecule has 5 heteroatoms. The van der Waals surface area contributed by atoms with Gasteiger partial charge in [-0.2, -0.15) is 5.10 Å². The first kappa shape index (κ1) is 14.2. The van der Waals surface area contributed by atoms with Crippen molar-refractivity contribution < 1.29 is 0 Å². The molecule has 0 radical (unpaired) electrons. The molecule has 5 nitrogen and oxygen atoms in total. The van der Waals surface area contributed by atoms with Gasteiger partial charge in [-0.05, 0) is 14.0 Å². The zero-order valence-corrected chi connectivity index (χ0v) is 12.8. The first-order valence-corrected chi connectivity index (χ1v) is 7.61. The average Bonchev–Trinajstić information content (AvgIpc) is 2.52. The summed E-state index contributed by atoms with van der Waals surface area (Å²) in [4.78, 5) is 4.87. The van der Waals surface area contributed by atoms with Crippen LogP contribution in [0.3, 0.4) is 0 Å². The van der Waals surface area contributed by atoms with E-state index in [4.69, 9.17) is 0 Å². The minimum atomic E-state index is 0.894. The van der Waals surface area contributed by atoms with Crippen LogP contribution in [0.1, 0.15) is 5.69 Å². The molecule has 0 amide bonds. The molecule has 1 fully saturated rings. The molecule has 1 N–H and O–H groups in total. The van der Waals surface area contributed by atoms with E-state index in [1.807, 2.05) is 13.0 Å². The summed E-state index contributed by atoms with van der Waals surface area (Å²) in [7, 11) is 2.18. The number of hydrogen-bond acceptors (Lipinski definition) is 5. The molecule has 1 aliphatic heterocycles. The normalized spacial score (nSPS) is 17.2. The van der Waals surface area contributed by atoms with Crippen LogP contribution in [0.4, 0.5) is 5.82 Å². The molecule has 1 saturated heterocycles. The maximum Gasteiger partial charge on any atom is 0.156 e. The third kappa shape index (κ3) is 3.31. The molecular formula is C16H23N5. The fourth-order valence-corrected chi connectivity index (χ4v) is 2.77. The summed E-state index contributed by atoms with van der Waals surface area (Å²) >= 11 is 0. The summed E-state index contributed by atoms with van der Waals surface area (Å²) in [6.07, 6.45) is 0. The molecule has 0 unspecified atom stereocenters. The second kappa shape index (κ2) is 6.37. The predicted molar refractivity (Wildman–Crippen MR) is 86.7 cm³/mol. The third-order valence-electron chi connectivity index (χ3n) is 4.19. The molecule has 1 aliphatic rings. The van der Waals surface area contributed by atoms with Crippen LogP contribution in [-0.2, 0) is 0 Å². The molecule has 3 rings (SSSR count). The summed E-state index contributed by atoms with van der Waals surface area (Å²) in [6.45, 7) is 8.59. The molecule has 0 atom stereocenters. The Kier molecular flexibility index (Phi) is 4.31. The van der Waals surface area contributed by atoms with Crippen molar-refractivity contribution >= 4 is 16.6 Å². The van der Waals surface area contributed by atoms with Crippen LogP contribution in [0.25, 0.3) is 10.8 Å². The van der Waals surface area contributed by atoms with Crippen molar-refractivity contribution in [3.05, 3.63) is 30.0 Å². The number of nitrogens with one attached hydrogen (secondary N) is 1. The molecule has 2 aromatic rings. The van der Waals surface area contributed by atoms with E-state index in [1.165, 1.54) is 5.39 Å². The number of aryl methyl sites for hydroxylation is 1. The van der Waals surface area contributed by atoms with Gasteiger partial charge in [-0.25, -0.2) is 0 Å². The molecule has 1 aromatic carbocycles. The Hall–Kier alpha value is -1.72. The van der Waals surface area contributed by atoms with Crippen LogP contribution >= 0.6 is 0 Å². The van der Waals surface area contributed by atoms with Gasteiger partial charge >= 0.3 is 0 Å². The summed E-state index contributed by atoms with van der Waals surface area (Å²) in [5, 5.41) is 14.3. The number of nitrogens with zero attached hydrogens (tertiary/aromatic N) is 4. The zero-order valence-electron chi connectivity index (χ0n) is 12.8. The molecule has 0 bridgehead atoms. The lowest BCUT2D eigenvalue weighted by Crippen LogP contribution is -2.45. The maximum atomic E-state index is 4.31. The highest BCUT2D eigenvalue weighted by atomic mass is 15.3. The fourth-order valence-electron chi connectivity index (χ4n) is 2.77. The number of hydrogen-bond donors (Lipinski definition) is 1. The van der Waals surface area contributed by atoms with E-state index in [9.17, 15) is 0 Å². The van der Waals surface area contributed by atoms with Crippen LogP contribution in [-0.4, -0.2) is 66.3 Å². The van der Waals surface area contributed by atoms with Gasteiger partial charge in [-0.15, -0.1) is 5.10 Å². The van der Waals surface area contributed by atoms with Gasteiger partial charge in [0.2, 0.25) is 0 Å². The van der Waals surface area contributed by atoms with Crippen molar-refractivity contribution in [3.8, 4) is 0 Å². The van der Waals surface area contributed by atoms with Crippen molar-refractivity contribution in [3.63, 3.8) is 0 Å². The van der Waals surface area contributed by atoms with Crippen LogP contribution < -0.4 is 5.32 Å². The summed E-state index contributed by atoms with van der Waals surface area (Å²) in [6, 6.07) is 8.31. The van der Waals surface area contributed by atoms with E-state index < -0.39 is 0 Å². The van der Waals surface area contributed by atoms with E-state index in [-0.39, 0.29) is 0 Å². The minimum Gasteiger partial charge on any atom is -0.367 e. The summed E-state index contributed by atoms with van der Waals surface area (Å²) in [5.41, 5.74) is 0.982. The Morgan fingerprint density at radius 3 is 2.52 bits per heavy atom. The van der Waals surface area contributed by atoms with E-state index in [1.54, 1.807) is 0 Å². The van der Waals surface area contributed by atoms with E-state index in [0.717, 1.165) is 56.2 Å². The molecule has 0 aliphatic carbocycles. The van der Waals surface area contributed by atoms with Crippen LogP contribution in [0.5, 0.6) is 0 Å². The summed E-state index contributed by atoms with van der Waals surface area (Å²) in [5.74, 6) is 0.894. The number of aromatic nitrogens is 2. The number of rotatable bonds is 4. The molecular weight excluding hydrogens is 262 g/mol. The zero-order chi connectivity index (χ0) is 14.7. The van der Waals surface area contributed by atoms with Gasteiger partial charge in [0.1, 0.15) is 0 Å². The third-order valence-corrected chi connectivity index (χ3v) is 4.19. The van der Waals surface area contributed by atoms with Crippen LogP contribution in [0, 0.1) is 6.92 Å². The van der Waals surface area contributed by atoms with Crippen molar-refractivity contribution in [1.82, 2.24) is 20.0 Å². The summed E-state index contributed by atoms with van der Waals surface area (Å²) < 4.78 is 0. The maximum absolute atomic E-state index is 4.31. The van der Waals surface area contributed by atoms with Crippen molar-refractivity contribution in [2.24, 2.45) is 0 Å². The second-order valence-corrected chi connectivity index (χ2v) is 5.75. The largest absolute Gasteiger partial charge is 0.367 e. The number of benzene rings is 1. The number of fused-ring (bicyclic) bond motifs is 1. The highest BCUT2D eigenvalue weighted by Gasteiger charge is 2.13. The first-order chi connectivity index (χ1) is 10.2. The van der Waals surface area contributed by atoms with Crippen molar-refractivity contribution in [2.75, 3.05) is 51.6 Å². The smallest absolute Gasteiger partial charge is 0.156 e. The van der Waals surface area contributed by atoms with Crippen molar-refractivity contribution in [2.45, 2.75) is 6.92 Å². The van der Waals surface area contributed by atoms with Crippen LogP contribution in [0.15, 0.2) is 24.3 Å². The standard InChI is InChI=1S/C16H23N5/c1-13-14-5-3-4-6-15(14)16(19-18-13)17-7-8-21-11-9-20(2)10-12-21/h3-6H,7-12H2,1-2H3,(H,17,19). The number of likely N-dealkylation sites (N-methyl/N-ethyl adjacent to an activating group) is 1. The highest BCUT2D eigenvalue weighted by molar-refractivity contribution is 5.92. The van der Waals surface area contributed by atoms with E-state index >= 15 is 0 Å². The minimum absolute atomic E-state index is 0.894. The molecule has 112 valence electrons. The van der Waals surface area contributed by atoms with Gasteiger partial charge < -0.3 is 10.2 Å². The highest BCUT2D eigenvalue weighted by Crippen LogP contribution is 2.21. The number of anilines is 1. The van der Waals surface area contributed by atoms with Gasteiger partial charge in [0.25, 0.3) is 0 Å². The fraction of sp³-hybridized carbons (Fsp3) is 0.500. The van der Waals surface area contributed by atoms with E-state index in [2.05, 4.69) is 50.6 Å². The molecule has 0 spiro atoms. The quantitative estimate of drug-likeness (QED) is 0.924. The first-order valence-electron chi connectivity index (χ1n) is 7.61. The van der Waals surface area contributed by atoms with Gasteiger partial charge in [-0.3, -0.25) is 4.90 Å². The Morgan fingerprint density at radius 2 is 1.76 bits per heavy atom. The monoisotopic (exact) mass is 285 g/mol. The van der Waals surface area contributed by atoms with Gasteiger partial charge in [0, 0.05) is 50.0 Å². The Morgan fingerprint density at radius 1 is 1.05 bits per heavy atom. The van der Waals surface area contributed by atoms with E-state index in [0.29, 0.717) is 0 Å². The van der Waals surface area contributed by atoms with Crippen LogP contribution in [0.2, 0.25) is 0 Å². The van der Waals surface area contributed by atoms with Gasteiger partial charge in [-0.1, -0.05) is 24.3 Å². The average molecular weight is 285 g/mol.